The monoisotopic (exact) mass is 324 g/mol. The third-order valence-corrected chi connectivity index (χ3v) is 3.54. The van der Waals surface area contributed by atoms with E-state index in [2.05, 4.69) is 4.99 Å². The van der Waals surface area contributed by atoms with Crippen molar-refractivity contribution in [2.45, 2.75) is 0 Å². The third kappa shape index (κ3) is 3.49. The number of nitrogens with zero attached hydrogens (tertiary/aromatic N) is 2. The average Bonchev–Trinajstić information content (AvgIpc) is 3.01. The molecule has 5 heteroatoms. The summed E-state index contributed by atoms with van der Waals surface area (Å²) in [5.74, 6) is -0.951. The molecule has 1 N–H and O–H groups in total. The topological polar surface area (TPSA) is 54.6 Å². The van der Waals surface area contributed by atoms with Crippen molar-refractivity contribution in [3.05, 3.63) is 83.1 Å². The molecule has 2 aromatic carbocycles. The molecule has 0 bridgehead atoms. The Kier molecular flexibility index (Phi) is 4.26. The Morgan fingerprint density at radius 2 is 1.91 bits per heavy atom. The van der Waals surface area contributed by atoms with Gasteiger partial charge in [-0.1, -0.05) is 23.7 Å². The van der Waals surface area contributed by atoms with Crippen LogP contribution in [-0.2, 0) is 0 Å². The van der Waals surface area contributed by atoms with Gasteiger partial charge in [-0.3, -0.25) is 4.99 Å². The third-order valence-electron chi connectivity index (χ3n) is 3.31. The maximum absolute atomic E-state index is 11.1. The second-order valence-corrected chi connectivity index (χ2v) is 5.33. The van der Waals surface area contributed by atoms with E-state index in [1.807, 2.05) is 41.1 Å². The van der Waals surface area contributed by atoms with Gasteiger partial charge in [-0.15, -0.1) is 0 Å². The number of carboxylic acid groups (broad SMARTS) is 1. The maximum atomic E-state index is 11.1. The molecule has 0 amide bonds. The summed E-state index contributed by atoms with van der Waals surface area (Å²) in [5, 5.41) is 9.73. The molecule has 0 aliphatic rings. The molecule has 3 aromatic rings. The number of halogens is 1. The van der Waals surface area contributed by atoms with Crippen molar-refractivity contribution in [2.24, 2.45) is 4.99 Å². The summed E-state index contributed by atoms with van der Waals surface area (Å²) < 4.78 is 1.88. The van der Waals surface area contributed by atoms with Crippen LogP contribution in [0.25, 0.3) is 5.69 Å². The first-order valence-corrected chi connectivity index (χ1v) is 7.32. The predicted molar refractivity (Wildman–Crippen MR) is 91.4 cm³/mol. The van der Waals surface area contributed by atoms with Crippen molar-refractivity contribution in [1.82, 2.24) is 4.57 Å². The number of rotatable bonds is 4. The SMILES string of the molecule is O=C(O)c1cccc(-n2cccc2C=Nc2cccc(Cl)c2)c1. The molecule has 3 rings (SSSR count). The van der Waals surface area contributed by atoms with Gasteiger partial charge in [0.15, 0.2) is 0 Å². The van der Waals surface area contributed by atoms with Crippen LogP contribution in [0.1, 0.15) is 16.1 Å². The molecular formula is C18H13ClN2O2. The Labute approximate surface area is 138 Å². The number of aliphatic imine (C=N–C) groups is 1. The first kappa shape index (κ1) is 15.1. The Balaban J connectivity index is 1.94. The number of carboxylic acids is 1. The van der Waals surface area contributed by atoms with E-state index < -0.39 is 5.97 Å². The summed E-state index contributed by atoms with van der Waals surface area (Å²) in [7, 11) is 0. The van der Waals surface area contributed by atoms with Gasteiger partial charge >= 0.3 is 5.97 Å². The highest BCUT2D eigenvalue weighted by molar-refractivity contribution is 6.30. The minimum Gasteiger partial charge on any atom is -0.478 e. The normalized spacial score (nSPS) is 11.0. The Morgan fingerprint density at radius 1 is 1.09 bits per heavy atom. The van der Waals surface area contributed by atoms with Gasteiger partial charge in [0.25, 0.3) is 0 Å². The van der Waals surface area contributed by atoms with Crippen LogP contribution < -0.4 is 0 Å². The Morgan fingerprint density at radius 3 is 2.70 bits per heavy atom. The molecule has 4 nitrogen and oxygen atoms in total. The number of benzene rings is 2. The maximum Gasteiger partial charge on any atom is 0.335 e. The summed E-state index contributed by atoms with van der Waals surface area (Å²) in [6.07, 6.45) is 3.58. The number of aromatic nitrogens is 1. The molecule has 0 unspecified atom stereocenters. The molecule has 23 heavy (non-hydrogen) atoms. The highest BCUT2D eigenvalue weighted by Gasteiger charge is 2.06. The fourth-order valence-electron chi connectivity index (χ4n) is 2.22. The van der Waals surface area contributed by atoms with Crippen LogP contribution in [-0.4, -0.2) is 21.9 Å². The summed E-state index contributed by atoms with van der Waals surface area (Å²) in [6.45, 7) is 0. The van der Waals surface area contributed by atoms with Crippen LogP contribution in [0.4, 0.5) is 5.69 Å². The van der Waals surface area contributed by atoms with Crippen LogP contribution in [0.3, 0.4) is 0 Å². The van der Waals surface area contributed by atoms with Gasteiger partial charge in [-0.05, 0) is 48.5 Å². The number of aromatic carboxylic acids is 1. The number of hydrogen-bond acceptors (Lipinski definition) is 2. The molecule has 0 saturated heterocycles. The van der Waals surface area contributed by atoms with Crippen LogP contribution >= 0.6 is 11.6 Å². The molecule has 0 aliphatic carbocycles. The fourth-order valence-corrected chi connectivity index (χ4v) is 2.40. The van der Waals surface area contributed by atoms with E-state index in [0.717, 1.165) is 17.1 Å². The molecule has 0 saturated carbocycles. The van der Waals surface area contributed by atoms with Crippen LogP contribution in [0.15, 0.2) is 71.9 Å². The quantitative estimate of drug-likeness (QED) is 0.714. The summed E-state index contributed by atoms with van der Waals surface area (Å²) in [5.41, 5.74) is 2.61. The van der Waals surface area contributed by atoms with E-state index in [4.69, 9.17) is 16.7 Å². The van der Waals surface area contributed by atoms with Crippen molar-refractivity contribution in [3.63, 3.8) is 0 Å². The standard InChI is InChI=1S/C18H13ClN2O2/c19-14-5-2-6-15(11-14)20-12-17-8-3-9-21(17)16-7-1-4-13(10-16)18(22)23/h1-12H,(H,22,23). The van der Waals surface area contributed by atoms with E-state index in [1.165, 1.54) is 0 Å². The molecule has 0 radical (unpaired) electrons. The molecule has 1 heterocycles. The lowest BCUT2D eigenvalue weighted by atomic mass is 10.2. The molecule has 114 valence electrons. The van der Waals surface area contributed by atoms with E-state index in [1.54, 1.807) is 36.5 Å². The Bertz CT molecular complexity index is 884. The largest absolute Gasteiger partial charge is 0.478 e. The number of hydrogen-bond donors (Lipinski definition) is 1. The van der Waals surface area contributed by atoms with Crippen molar-refractivity contribution in [3.8, 4) is 5.69 Å². The fraction of sp³-hybridized carbons (Fsp3) is 0. The van der Waals surface area contributed by atoms with E-state index in [-0.39, 0.29) is 5.56 Å². The first-order chi connectivity index (χ1) is 11.1. The highest BCUT2D eigenvalue weighted by Crippen LogP contribution is 2.19. The highest BCUT2D eigenvalue weighted by atomic mass is 35.5. The lowest BCUT2D eigenvalue weighted by Gasteiger charge is -2.07. The molecule has 0 atom stereocenters. The smallest absolute Gasteiger partial charge is 0.335 e. The van der Waals surface area contributed by atoms with Gasteiger partial charge in [0.05, 0.1) is 23.2 Å². The van der Waals surface area contributed by atoms with Crippen molar-refractivity contribution in [2.75, 3.05) is 0 Å². The molecule has 0 aliphatic heterocycles. The Hall–Kier alpha value is -2.85. The lowest BCUT2D eigenvalue weighted by Crippen LogP contribution is -2.01. The second kappa shape index (κ2) is 6.50. The molecule has 0 spiro atoms. The average molecular weight is 325 g/mol. The van der Waals surface area contributed by atoms with Crippen molar-refractivity contribution < 1.29 is 9.90 Å². The van der Waals surface area contributed by atoms with Gasteiger partial charge in [0.2, 0.25) is 0 Å². The summed E-state index contributed by atoms with van der Waals surface area (Å²) >= 11 is 5.95. The van der Waals surface area contributed by atoms with Crippen LogP contribution in [0.5, 0.6) is 0 Å². The first-order valence-electron chi connectivity index (χ1n) is 6.94. The molecule has 0 fully saturated rings. The summed E-state index contributed by atoms with van der Waals surface area (Å²) in [6, 6.07) is 17.8. The van der Waals surface area contributed by atoms with Gasteiger partial charge in [0, 0.05) is 16.9 Å². The van der Waals surface area contributed by atoms with Crippen molar-refractivity contribution in [1.29, 1.82) is 0 Å². The van der Waals surface area contributed by atoms with E-state index in [9.17, 15) is 4.79 Å². The van der Waals surface area contributed by atoms with Crippen molar-refractivity contribution >= 4 is 29.5 Å². The van der Waals surface area contributed by atoms with Gasteiger partial charge in [0.1, 0.15) is 0 Å². The zero-order valence-corrected chi connectivity index (χ0v) is 12.8. The van der Waals surface area contributed by atoms with Crippen LogP contribution in [0, 0.1) is 0 Å². The van der Waals surface area contributed by atoms with Gasteiger partial charge < -0.3 is 9.67 Å². The minimum absolute atomic E-state index is 0.244. The summed E-state index contributed by atoms with van der Waals surface area (Å²) in [4.78, 5) is 15.5. The lowest BCUT2D eigenvalue weighted by molar-refractivity contribution is 0.0697. The van der Waals surface area contributed by atoms with E-state index >= 15 is 0 Å². The van der Waals surface area contributed by atoms with Crippen LogP contribution in [0.2, 0.25) is 5.02 Å². The number of carbonyl (C=O) groups is 1. The second-order valence-electron chi connectivity index (χ2n) is 4.90. The zero-order valence-electron chi connectivity index (χ0n) is 12.1. The van der Waals surface area contributed by atoms with Gasteiger partial charge in [-0.25, -0.2) is 4.79 Å². The van der Waals surface area contributed by atoms with Gasteiger partial charge in [-0.2, -0.15) is 0 Å². The zero-order chi connectivity index (χ0) is 16.2. The minimum atomic E-state index is -0.951. The predicted octanol–water partition coefficient (Wildman–Crippen LogP) is 4.58. The van der Waals surface area contributed by atoms with E-state index in [0.29, 0.717) is 5.02 Å². The molecule has 1 aromatic heterocycles. The molecular weight excluding hydrogens is 312 g/mol.